The van der Waals surface area contributed by atoms with Crippen molar-refractivity contribution in [3.63, 3.8) is 0 Å². The van der Waals surface area contributed by atoms with Crippen LogP contribution in [0.5, 0.6) is 0 Å². The highest BCUT2D eigenvalue weighted by molar-refractivity contribution is 7.89. The third-order valence-corrected chi connectivity index (χ3v) is 6.03. The summed E-state index contributed by atoms with van der Waals surface area (Å²) in [6.45, 7) is 0.309. The number of hydrogen-bond acceptors (Lipinski definition) is 4. The summed E-state index contributed by atoms with van der Waals surface area (Å²) in [4.78, 5) is 3.21. The van der Waals surface area contributed by atoms with Crippen molar-refractivity contribution in [2.24, 2.45) is 0 Å². The number of sulfonamides is 1. The minimum absolute atomic E-state index is 0.144. The average Bonchev–Trinajstić information content (AvgIpc) is 2.90. The maximum Gasteiger partial charge on any atom is 0.245 e. The standard InChI is InChI=1S/C14H19N3O3S/c15-10-4-5-12-13(7-10)16-8-14(12)21(19,20)17-6-2-1-3-11(17)9-18/h4-5,7-8,11,16,18H,1-3,6,9,15H2. The van der Waals surface area contributed by atoms with E-state index < -0.39 is 10.0 Å². The second kappa shape index (κ2) is 5.32. The van der Waals surface area contributed by atoms with Gasteiger partial charge in [-0.05, 0) is 31.0 Å². The van der Waals surface area contributed by atoms with E-state index in [-0.39, 0.29) is 17.5 Å². The van der Waals surface area contributed by atoms with Gasteiger partial charge in [0.05, 0.1) is 6.61 Å². The van der Waals surface area contributed by atoms with Gasteiger partial charge in [0.2, 0.25) is 10.0 Å². The van der Waals surface area contributed by atoms with Crippen molar-refractivity contribution in [1.29, 1.82) is 0 Å². The zero-order chi connectivity index (χ0) is 15.0. The van der Waals surface area contributed by atoms with E-state index in [1.165, 1.54) is 10.5 Å². The SMILES string of the molecule is Nc1ccc2c(S(=O)(=O)N3CCCCC3CO)c[nH]c2c1. The third-order valence-electron chi connectivity index (χ3n) is 4.04. The molecule has 0 amide bonds. The molecule has 3 rings (SSSR count). The molecular weight excluding hydrogens is 290 g/mol. The summed E-state index contributed by atoms with van der Waals surface area (Å²) < 4.78 is 27.2. The number of nitrogens with one attached hydrogen (secondary N) is 1. The molecule has 21 heavy (non-hydrogen) atoms. The molecule has 6 nitrogen and oxygen atoms in total. The number of aliphatic hydroxyl groups is 1. The number of anilines is 1. The number of aromatic nitrogens is 1. The number of aliphatic hydroxyl groups excluding tert-OH is 1. The van der Waals surface area contributed by atoms with Crippen LogP contribution in [0.4, 0.5) is 5.69 Å². The van der Waals surface area contributed by atoms with E-state index in [0.29, 0.717) is 29.6 Å². The molecule has 0 spiro atoms. The first-order valence-electron chi connectivity index (χ1n) is 7.03. The summed E-state index contributed by atoms with van der Waals surface area (Å²) >= 11 is 0. The lowest BCUT2D eigenvalue weighted by Crippen LogP contribution is -2.45. The van der Waals surface area contributed by atoms with Crippen LogP contribution in [0.1, 0.15) is 19.3 Å². The van der Waals surface area contributed by atoms with Crippen LogP contribution in [0.25, 0.3) is 10.9 Å². The van der Waals surface area contributed by atoms with Crippen molar-refractivity contribution >= 4 is 26.6 Å². The van der Waals surface area contributed by atoms with E-state index in [4.69, 9.17) is 5.73 Å². The molecule has 2 aromatic rings. The van der Waals surface area contributed by atoms with Gasteiger partial charge in [-0.25, -0.2) is 8.42 Å². The Morgan fingerprint density at radius 1 is 1.38 bits per heavy atom. The second-order valence-electron chi connectivity index (χ2n) is 5.41. The normalized spacial score (nSPS) is 20.9. The van der Waals surface area contributed by atoms with Gasteiger partial charge in [0, 0.05) is 35.4 Å². The van der Waals surface area contributed by atoms with Gasteiger partial charge in [-0.1, -0.05) is 6.42 Å². The van der Waals surface area contributed by atoms with Crippen molar-refractivity contribution in [1.82, 2.24) is 9.29 Å². The van der Waals surface area contributed by atoms with Gasteiger partial charge in [-0.3, -0.25) is 0 Å². The number of H-pyrrole nitrogens is 1. The molecule has 0 aliphatic carbocycles. The molecule has 0 bridgehead atoms. The van der Waals surface area contributed by atoms with Crippen LogP contribution in [0.2, 0.25) is 0 Å². The van der Waals surface area contributed by atoms with E-state index in [9.17, 15) is 13.5 Å². The Bertz CT molecular complexity index is 754. The quantitative estimate of drug-likeness (QED) is 0.744. The smallest absolute Gasteiger partial charge is 0.245 e. The molecule has 7 heteroatoms. The summed E-state index contributed by atoms with van der Waals surface area (Å²) in [5.41, 5.74) is 7.00. The number of piperidine rings is 1. The number of nitrogen functional groups attached to an aromatic ring is 1. The monoisotopic (exact) mass is 309 g/mol. The molecule has 4 N–H and O–H groups in total. The third kappa shape index (κ3) is 2.41. The highest BCUT2D eigenvalue weighted by Gasteiger charge is 2.34. The number of fused-ring (bicyclic) bond motifs is 1. The predicted octanol–water partition coefficient (Wildman–Crippen LogP) is 1.29. The van der Waals surface area contributed by atoms with Gasteiger partial charge in [0.1, 0.15) is 4.90 Å². The molecule has 2 heterocycles. The van der Waals surface area contributed by atoms with Crippen molar-refractivity contribution in [3.05, 3.63) is 24.4 Å². The summed E-state index contributed by atoms with van der Waals surface area (Å²) in [7, 11) is -3.62. The Labute approximate surface area is 123 Å². The van der Waals surface area contributed by atoms with Gasteiger partial charge in [-0.15, -0.1) is 0 Å². The maximum absolute atomic E-state index is 12.9. The fourth-order valence-corrected chi connectivity index (χ4v) is 4.78. The molecule has 1 aromatic carbocycles. The van der Waals surface area contributed by atoms with E-state index in [1.54, 1.807) is 18.2 Å². The molecule has 1 fully saturated rings. The van der Waals surface area contributed by atoms with Crippen molar-refractivity contribution in [2.45, 2.75) is 30.2 Å². The van der Waals surface area contributed by atoms with E-state index in [0.717, 1.165) is 12.8 Å². The van der Waals surface area contributed by atoms with Crippen LogP contribution in [0.15, 0.2) is 29.3 Å². The summed E-state index contributed by atoms with van der Waals surface area (Å²) in [5, 5.41) is 10.1. The van der Waals surface area contributed by atoms with Crippen LogP contribution < -0.4 is 5.73 Å². The van der Waals surface area contributed by atoms with Gasteiger partial charge in [0.15, 0.2) is 0 Å². The van der Waals surface area contributed by atoms with Crippen LogP contribution in [-0.2, 0) is 10.0 Å². The van der Waals surface area contributed by atoms with Crippen LogP contribution in [0, 0.1) is 0 Å². The first kappa shape index (κ1) is 14.4. The summed E-state index contributed by atoms with van der Waals surface area (Å²) in [5.74, 6) is 0. The van der Waals surface area contributed by atoms with E-state index in [2.05, 4.69) is 4.98 Å². The molecule has 0 saturated carbocycles. The van der Waals surface area contributed by atoms with Gasteiger partial charge in [0.25, 0.3) is 0 Å². The lowest BCUT2D eigenvalue weighted by atomic mass is 10.1. The first-order valence-corrected chi connectivity index (χ1v) is 8.47. The van der Waals surface area contributed by atoms with Crippen molar-refractivity contribution in [2.75, 3.05) is 18.9 Å². The molecule has 1 unspecified atom stereocenters. The molecule has 1 aliphatic rings. The average molecular weight is 309 g/mol. The summed E-state index contributed by atoms with van der Waals surface area (Å²) in [6, 6.07) is 4.79. The zero-order valence-electron chi connectivity index (χ0n) is 11.6. The Kier molecular flexibility index (Phi) is 3.64. The lowest BCUT2D eigenvalue weighted by Gasteiger charge is -2.33. The minimum atomic E-state index is -3.62. The van der Waals surface area contributed by atoms with E-state index in [1.807, 2.05) is 0 Å². The molecule has 0 radical (unpaired) electrons. The first-order chi connectivity index (χ1) is 10.0. The van der Waals surface area contributed by atoms with E-state index >= 15 is 0 Å². The Balaban J connectivity index is 2.07. The van der Waals surface area contributed by atoms with Gasteiger partial charge >= 0.3 is 0 Å². The number of benzene rings is 1. The minimum Gasteiger partial charge on any atom is -0.399 e. The maximum atomic E-state index is 12.9. The Morgan fingerprint density at radius 3 is 2.95 bits per heavy atom. The number of hydrogen-bond donors (Lipinski definition) is 3. The van der Waals surface area contributed by atoms with Crippen LogP contribution >= 0.6 is 0 Å². The predicted molar refractivity (Wildman–Crippen MR) is 81.3 cm³/mol. The second-order valence-corrected chi connectivity index (χ2v) is 7.26. The Hall–Kier alpha value is -1.57. The number of nitrogens with zero attached hydrogens (tertiary/aromatic N) is 1. The van der Waals surface area contributed by atoms with Crippen molar-refractivity contribution < 1.29 is 13.5 Å². The van der Waals surface area contributed by atoms with Gasteiger partial charge in [-0.2, -0.15) is 4.31 Å². The number of aromatic amines is 1. The number of nitrogens with two attached hydrogens (primary N) is 1. The highest BCUT2D eigenvalue weighted by Crippen LogP contribution is 2.30. The molecule has 1 atom stereocenters. The lowest BCUT2D eigenvalue weighted by molar-refractivity contribution is 0.155. The molecule has 1 saturated heterocycles. The topological polar surface area (TPSA) is 99.4 Å². The fourth-order valence-electron chi connectivity index (χ4n) is 2.93. The van der Waals surface area contributed by atoms with Crippen LogP contribution in [0.3, 0.4) is 0 Å². The molecule has 1 aliphatic heterocycles. The molecule has 1 aromatic heterocycles. The Morgan fingerprint density at radius 2 is 2.19 bits per heavy atom. The van der Waals surface area contributed by atoms with Crippen LogP contribution in [-0.4, -0.2) is 42.0 Å². The fraction of sp³-hybridized carbons (Fsp3) is 0.429. The van der Waals surface area contributed by atoms with Gasteiger partial charge < -0.3 is 15.8 Å². The largest absolute Gasteiger partial charge is 0.399 e. The zero-order valence-corrected chi connectivity index (χ0v) is 12.4. The molecule has 114 valence electrons. The molecular formula is C14H19N3O3S. The summed E-state index contributed by atoms with van der Waals surface area (Å²) in [6.07, 6.45) is 3.97. The van der Waals surface area contributed by atoms with Crippen molar-refractivity contribution in [3.8, 4) is 0 Å². The number of rotatable bonds is 3. The highest BCUT2D eigenvalue weighted by atomic mass is 32.2.